The summed E-state index contributed by atoms with van der Waals surface area (Å²) >= 11 is 0. The number of nitrogens with zero attached hydrogens (tertiary/aromatic N) is 2. The van der Waals surface area contributed by atoms with Crippen molar-refractivity contribution in [3.63, 3.8) is 0 Å². The molecule has 0 aliphatic carbocycles. The van der Waals surface area contributed by atoms with Gasteiger partial charge in [-0.15, -0.1) is 0 Å². The topological polar surface area (TPSA) is 164 Å². The van der Waals surface area contributed by atoms with Crippen LogP contribution < -0.4 is 16.5 Å². The van der Waals surface area contributed by atoms with Crippen LogP contribution in [-0.2, 0) is 36.6 Å². The number of hydrogen-bond acceptors (Lipinski definition) is 9. The summed E-state index contributed by atoms with van der Waals surface area (Å²) in [5.74, 6) is 0.0519. The summed E-state index contributed by atoms with van der Waals surface area (Å²) in [5, 5.41) is 2.46. The first-order valence-electron chi connectivity index (χ1n) is 9.66. The van der Waals surface area contributed by atoms with Gasteiger partial charge < -0.3 is 24.8 Å². The average molecular weight is 468 g/mol. The van der Waals surface area contributed by atoms with Crippen molar-refractivity contribution in [1.82, 2.24) is 14.6 Å². The lowest BCUT2D eigenvalue weighted by atomic mass is 9.97. The molecular weight excluding hydrogens is 443 g/mol. The predicted octanol–water partition coefficient (Wildman–Crippen LogP) is 1.39. The van der Waals surface area contributed by atoms with Gasteiger partial charge in [0.1, 0.15) is 24.3 Å². The van der Waals surface area contributed by atoms with Gasteiger partial charge in [0.05, 0.1) is 6.61 Å². The van der Waals surface area contributed by atoms with Gasteiger partial charge in [-0.2, -0.15) is 4.98 Å². The van der Waals surface area contributed by atoms with Crippen molar-refractivity contribution in [2.24, 2.45) is 0 Å². The van der Waals surface area contributed by atoms with Crippen LogP contribution in [0.3, 0.4) is 0 Å². The first-order chi connectivity index (χ1) is 15.1. The van der Waals surface area contributed by atoms with Crippen LogP contribution in [0.25, 0.3) is 0 Å². The molecule has 2 heterocycles. The third-order valence-electron chi connectivity index (χ3n) is 4.66. The van der Waals surface area contributed by atoms with E-state index in [1.165, 1.54) is 12.3 Å². The number of nitrogen functional groups attached to an aromatic ring is 1. The third-order valence-corrected chi connectivity index (χ3v) is 5.71. The maximum Gasteiger partial charge on any atom is 0.509 e. The molecule has 13 heteroatoms. The molecule has 2 aromatic rings. The van der Waals surface area contributed by atoms with Gasteiger partial charge in [0.25, 0.3) is 0 Å². The number of rotatable bonds is 10. The molecule has 12 nitrogen and oxygen atoms in total. The van der Waals surface area contributed by atoms with Crippen LogP contribution in [0.15, 0.2) is 47.4 Å². The number of carbonyl (C=O) groups excluding carboxylic acids is 1. The van der Waals surface area contributed by atoms with Crippen LogP contribution in [0.4, 0.5) is 10.6 Å². The Hall–Kier alpha value is -2.76. The van der Waals surface area contributed by atoms with Crippen LogP contribution in [0.2, 0.25) is 0 Å². The number of nitrogens with one attached hydrogen (secondary N) is 1. The molecule has 3 atom stereocenters. The highest BCUT2D eigenvalue weighted by Crippen LogP contribution is 2.39. The summed E-state index contributed by atoms with van der Waals surface area (Å²) in [7, 11) is -4.23. The van der Waals surface area contributed by atoms with Crippen LogP contribution in [-0.4, -0.2) is 45.0 Å². The molecular formula is C19H25N4O8P. The molecule has 1 aliphatic rings. The lowest BCUT2D eigenvalue weighted by molar-refractivity contribution is -0.102. The highest BCUT2D eigenvalue weighted by molar-refractivity contribution is 7.50. The minimum absolute atomic E-state index is 0.0519. The second-order valence-corrected chi connectivity index (χ2v) is 9.18. The number of ether oxygens (including phenoxy) is 3. The molecule has 1 aliphatic heterocycles. The molecule has 1 saturated heterocycles. The lowest BCUT2D eigenvalue weighted by Gasteiger charge is -2.29. The summed E-state index contributed by atoms with van der Waals surface area (Å²) in [6, 6.07) is 10.4. The predicted molar refractivity (Wildman–Crippen MR) is 112 cm³/mol. The van der Waals surface area contributed by atoms with Gasteiger partial charge in [0.2, 0.25) is 0 Å². The molecule has 0 saturated carbocycles. The van der Waals surface area contributed by atoms with E-state index in [1.54, 1.807) is 38.1 Å². The molecule has 174 valence electrons. The summed E-state index contributed by atoms with van der Waals surface area (Å²) in [4.78, 5) is 37.4. The van der Waals surface area contributed by atoms with E-state index in [9.17, 15) is 19.0 Å². The van der Waals surface area contributed by atoms with E-state index in [0.29, 0.717) is 0 Å². The van der Waals surface area contributed by atoms with Crippen molar-refractivity contribution in [1.29, 1.82) is 0 Å². The maximum absolute atomic E-state index is 12.4. The Morgan fingerprint density at radius 3 is 2.66 bits per heavy atom. The van der Waals surface area contributed by atoms with E-state index in [0.717, 1.165) is 10.1 Å². The van der Waals surface area contributed by atoms with E-state index >= 15 is 0 Å². The zero-order valence-corrected chi connectivity index (χ0v) is 18.4. The van der Waals surface area contributed by atoms with E-state index in [-0.39, 0.29) is 19.1 Å². The second-order valence-electron chi connectivity index (χ2n) is 7.57. The molecule has 3 rings (SSSR count). The molecule has 1 aromatic heterocycles. The quantitative estimate of drug-likeness (QED) is 0.341. The zero-order chi connectivity index (χ0) is 23.4. The van der Waals surface area contributed by atoms with Gasteiger partial charge in [0, 0.05) is 12.7 Å². The normalized spacial score (nSPS) is 20.2. The SMILES string of the molecule is CC1(C)OC(=O)O[C@@H]1C(COP(=O)(O)NCc1ccccc1)OCn1ccc(N)nc1=O. The first-order valence-corrected chi connectivity index (χ1v) is 11.2. The monoisotopic (exact) mass is 468 g/mol. The Morgan fingerprint density at radius 1 is 1.31 bits per heavy atom. The van der Waals surface area contributed by atoms with Crippen molar-refractivity contribution in [2.75, 3.05) is 12.3 Å². The van der Waals surface area contributed by atoms with Gasteiger partial charge in [-0.3, -0.25) is 9.09 Å². The highest BCUT2D eigenvalue weighted by atomic mass is 31.2. The molecule has 32 heavy (non-hydrogen) atoms. The Morgan fingerprint density at radius 2 is 2.03 bits per heavy atom. The Balaban J connectivity index is 1.68. The van der Waals surface area contributed by atoms with Gasteiger partial charge in [-0.1, -0.05) is 30.3 Å². The van der Waals surface area contributed by atoms with Crippen LogP contribution >= 0.6 is 7.75 Å². The molecule has 0 amide bonds. The lowest BCUT2D eigenvalue weighted by Crippen LogP contribution is -2.46. The minimum atomic E-state index is -4.23. The van der Waals surface area contributed by atoms with E-state index < -0.39 is 44.0 Å². The molecule has 1 aromatic carbocycles. The third kappa shape index (κ3) is 6.38. The fraction of sp³-hybridized carbons (Fsp3) is 0.421. The largest absolute Gasteiger partial charge is 0.509 e. The van der Waals surface area contributed by atoms with Crippen molar-refractivity contribution in [3.8, 4) is 0 Å². The molecule has 1 fully saturated rings. The zero-order valence-electron chi connectivity index (χ0n) is 17.5. The summed E-state index contributed by atoms with van der Waals surface area (Å²) in [5.41, 5.74) is 4.50. The van der Waals surface area contributed by atoms with Crippen LogP contribution in [0.1, 0.15) is 19.4 Å². The number of aromatic nitrogens is 2. The fourth-order valence-electron chi connectivity index (χ4n) is 3.01. The standard InChI is InChI=1S/C19H25N4O8P/c1-19(2)16(30-18(25)31-19)14(28-12-23-9-8-15(20)22-17(23)24)11-29-32(26,27)21-10-13-6-4-3-5-7-13/h3-9,14,16H,10-12H2,1-2H3,(H2,20,22,24)(H2,21,26,27)/t14?,16-/m1/s1. The molecule has 0 radical (unpaired) electrons. The van der Waals surface area contributed by atoms with Crippen LogP contribution in [0.5, 0.6) is 0 Å². The van der Waals surface area contributed by atoms with E-state index in [1.807, 2.05) is 6.07 Å². The summed E-state index contributed by atoms with van der Waals surface area (Å²) in [6.45, 7) is 2.57. The Kier molecular flexibility index (Phi) is 7.32. The number of nitrogens with two attached hydrogens (primary N) is 1. The smallest absolute Gasteiger partial charge is 0.424 e. The van der Waals surface area contributed by atoms with Gasteiger partial charge >= 0.3 is 19.6 Å². The molecule has 2 unspecified atom stereocenters. The number of cyclic esters (lactones) is 2. The first kappa shape index (κ1) is 23.9. The molecule has 4 N–H and O–H groups in total. The van der Waals surface area contributed by atoms with Gasteiger partial charge in [0.15, 0.2) is 6.10 Å². The fourth-order valence-corrected chi connectivity index (χ4v) is 3.84. The average Bonchev–Trinajstić information content (AvgIpc) is 3.00. The second kappa shape index (κ2) is 9.80. The van der Waals surface area contributed by atoms with Crippen molar-refractivity contribution < 1.29 is 33.0 Å². The molecule has 0 bridgehead atoms. The van der Waals surface area contributed by atoms with Crippen LogP contribution in [0, 0.1) is 0 Å². The van der Waals surface area contributed by atoms with Crippen molar-refractivity contribution >= 4 is 19.7 Å². The van der Waals surface area contributed by atoms with Gasteiger partial charge in [-0.05, 0) is 25.5 Å². The highest BCUT2D eigenvalue weighted by Gasteiger charge is 2.49. The Bertz CT molecular complexity index is 1050. The number of carbonyl (C=O) groups is 1. The Labute approximate surface area is 183 Å². The minimum Gasteiger partial charge on any atom is -0.424 e. The number of hydrogen-bond donors (Lipinski definition) is 3. The number of anilines is 1. The summed E-state index contributed by atoms with van der Waals surface area (Å²) in [6.07, 6.45) is -1.54. The summed E-state index contributed by atoms with van der Waals surface area (Å²) < 4.78 is 34.8. The van der Waals surface area contributed by atoms with Crippen molar-refractivity contribution in [3.05, 3.63) is 58.6 Å². The molecule has 0 spiro atoms. The van der Waals surface area contributed by atoms with Gasteiger partial charge in [-0.25, -0.2) is 19.2 Å². The number of benzene rings is 1. The van der Waals surface area contributed by atoms with Crippen molar-refractivity contribution in [2.45, 2.75) is 44.9 Å². The van der Waals surface area contributed by atoms with E-state index in [2.05, 4.69) is 10.1 Å². The maximum atomic E-state index is 12.4. The van der Waals surface area contributed by atoms with E-state index in [4.69, 9.17) is 24.5 Å².